The number of esters is 2. The molecule has 0 heterocycles. The molecule has 0 aromatic rings. The minimum Gasteiger partial charge on any atom is -0.516 e. The van der Waals surface area contributed by atoms with Gasteiger partial charge in [-0.3, -0.25) is 9.59 Å². The maximum Gasteiger partial charge on any atom is 0.313 e. The lowest BCUT2D eigenvalue weighted by Crippen LogP contribution is -2.10. The fourth-order valence-corrected chi connectivity index (χ4v) is 0.637. The molecule has 0 aromatic heterocycles. The summed E-state index contributed by atoms with van der Waals surface area (Å²) in [6, 6.07) is 0. The molecule has 0 unspecified atom stereocenters. The molecule has 17 heavy (non-hydrogen) atoms. The predicted molar refractivity (Wildman–Crippen MR) is 66.6 cm³/mol. The number of aliphatic hydroxyl groups is 2. The zero-order valence-electron chi connectivity index (χ0n) is 10.5. The zero-order chi connectivity index (χ0) is 14.1. The lowest BCUT2D eigenvalue weighted by molar-refractivity contribution is -0.159. The number of carbonyl (C=O) groups is 2. The Morgan fingerprint density at radius 1 is 1.00 bits per heavy atom. The third-order valence-corrected chi connectivity index (χ3v) is 1.14. The molecule has 0 aliphatic carbocycles. The van der Waals surface area contributed by atoms with Crippen LogP contribution in [0.25, 0.3) is 0 Å². The number of aliphatic hydroxyl groups excluding tert-OH is 2. The van der Waals surface area contributed by atoms with E-state index in [0.717, 1.165) is 25.4 Å². The van der Waals surface area contributed by atoms with Crippen LogP contribution in [0, 0.1) is 0 Å². The quantitative estimate of drug-likeness (QED) is 0.452. The van der Waals surface area contributed by atoms with Gasteiger partial charge in [-0.1, -0.05) is 27.0 Å². The lowest BCUT2D eigenvalue weighted by atomic mass is 10.3. The normalized spacial score (nSPS) is 7.41. The Morgan fingerprint density at radius 3 is 1.41 bits per heavy atom. The molecule has 5 nitrogen and oxygen atoms in total. The van der Waals surface area contributed by atoms with Gasteiger partial charge in [-0.05, 0) is 12.8 Å². The smallest absolute Gasteiger partial charge is 0.313 e. The van der Waals surface area contributed by atoms with E-state index in [1.54, 1.807) is 0 Å². The van der Waals surface area contributed by atoms with Crippen LogP contribution in [0.3, 0.4) is 0 Å². The van der Waals surface area contributed by atoms with Gasteiger partial charge in [-0.2, -0.15) is 0 Å². The summed E-state index contributed by atoms with van der Waals surface area (Å²) in [5, 5.41) is 14.7. The molecule has 0 rings (SSSR count). The average Bonchev–Trinajstić information content (AvgIpc) is 2.20. The van der Waals surface area contributed by atoms with Gasteiger partial charge < -0.3 is 14.9 Å². The van der Waals surface area contributed by atoms with Crippen molar-refractivity contribution in [2.45, 2.75) is 39.5 Å². The van der Waals surface area contributed by atoms with Gasteiger partial charge in [0.05, 0.1) is 12.5 Å². The zero-order valence-corrected chi connectivity index (χ0v) is 10.5. The number of rotatable bonds is 4. The van der Waals surface area contributed by atoms with Crippen LogP contribution in [-0.2, 0) is 14.3 Å². The second kappa shape index (κ2) is 19.7. The van der Waals surface area contributed by atoms with Crippen LogP contribution in [0.15, 0.2) is 25.7 Å². The molecule has 0 saturated heterocycles. The lowest BCUT2D eigenvalue weighted by Gasteiger charge is -1.98. The maximum atomic E-state index is 10.7. The Balaban J connectivity index is -0.000000273. The third-order valence-electron chi connectivity index (χ3n) is 1.14. The van der Waals surface area contributed by atoms with E-state index in [1.165, 1.54) is 0 Å². The van der Waals surface area contributed by atoms with E-state index in [4.69, 9.17) is 10.2 Å². The number of hydrogen-bond donors (Lipinski definition) is 2. The monoisotopic (exact) mass is 246 g/mol. The number of ether oxygens (including phenoxy) is 1. The molecule has 0 saturated carbocycles. The molecule has 0 fully saturated rings. The van der Waals surface area contributed by atoms with E-state index in [9.17, 15) is 9.59 Å². The van der Waals surface area contributed by atoms with Crippen molar-refractivity contribution in [3.8, 4) is 0 Å². The van der Waals surface area contributed by atoms with E-state index in [-0.39, 0.29) is 0 Å². The summed E-state index contributed by atoms with van der Waals surface area (Å²) in [6.07, 6.45) is 3.60. The Bertz CT molecular complexity index is 189. The molecule has 0 aliphatic heterocycles. The molecule has 5 heteroatoms. The van der Waals surface area contributed by atoms with Crippen LogP contribution >= 0.6 is 0 Å². The Hall–Kier alpha value is -1.78. The highest BCUT2D eigenvalue weighted by Gasteiger charge is 2.06. The summed E-state index contributed by atoms with van der Waals surface area (Å²) in [4.78, 5) is 21.4. The van der Waals surface area contributed by atoms with Gasteiger partial charge in [0.1, 0.15) is 0 Å². The summed E-state index contributed by atoms with van der Waals surface area (Å²) in [6.45, 7) is 9.57. The molecule has 0 bridgehead atoms. The molecule has 0 aliphatic rings. The van der Waals surface area contributed by atoms with Crippen LogP contribution in [0.4, 0.5) is 0 Å². The molecule has 0 aromatic carbocycles. The van der Waals surface area contributed by atoms with Gasteiger partial charge in [0.25, 0.3) is 0 Å². The van der Waals surface area contributed by atoms with E-state index in [0.29, 0.717) is 12.8 Å². The Labute approximate surface area is 102 Å². The van der Waals surface area contributed by atoms with E-state index in [1.807, 2.05) is 13.8 Å². The van der Waals surface area contributed by atoms with Crippen LogP contribution in [-0.4, -0.2) is 22.2 Å². The van der Waals surface area contributed by atoms with Crippen molar-refractivity contribution in [2.75, 3.05) is 0 Å². The first-order valence-corrected chi connectivity index (χ1v) is 5.27. The molecule has 0 radical (unpaired) electrons. The molecular weight excluding hydrogens is 224 g/mol. The van der Waals surface area contributed by atoms with Gasteiger partial charge in [0, 0.05) is 12.8 Å². The van der Waals surface area contributed by atoms with Gasteiger partial charge in [0.15, 0.2) is 0 Å². The van der Waals surface area contributed by atoms with Crippen LogP contribution in [0.5, 0.6) is 0 Å². The fourth-order valence-electron chi connectivity index (χ4n) is 0.637. The molecule has 100 valence electrons. The van der Waals surface area contributed by atoms with E-state index >= 15 is 0 Å². The fraction of sp³-hybridized carbons (Fsp3) is 0.500. The van der Waals surface area contributed by atoms with Crippen molar-refractivity contribution in [1.82, 2.24) is 0 Å². The van der Waals surface area contributed by atoms with E-state index in [2.05, 4.69) is 17.9 Å². The van der Waals surface area contributed by atoms with Gasteiger partial charge >= 0.3 is 11.9 Å². The van der Waals surface area contributed by atoms with Gasteiger partial charge in [0.2, 0.25) is 0 Å². The third kappa shape index (κ3) is 31.4. The molecular formula is C12H22O5. The first kappa shape index (κ1) is 20.6. The minimum atomic E-state index is -0.411. The average molecular weight is 246 g/mol. The van der Waals surface area contributed by atoms with Crippen molar-refractivity contribution in [3.05, 3.63) is 25.7 Å². The summed E-state index contributed by atoms with van der Waals surface area (Å²) in [7, 11) is 0. The molecule has 2 N–H and O–H groups in total. The maximum absolute atomic E-state index is 10.7. The minimum absolute atomic E-state index is 0.329. The first-order chi connectivity index (χ1) is 8.03. The summed E-state index contributed by atoms with van der Waals surface area (Å²) in [5.41, 5.74) is 0. The van der Waals surface area contributed by atoms with Gasteiger partial charge in [-0.15, -0.1) is 0 Å². The van der Waals surface area contributed by atoms with Crippen molar-refractivity contribution in [3.63, 3.8) is 0 Å². The second-order valence-electron chi connectivity index (χ2n) is 2.71. The largest absolute Gasteiger partial charge is 0.516 e. The number of carbonyl (C=O) groups excluding carboxylic acids is 2. The van der Waals surface area contributed by atoms with Crippen LogP contribution in [0.1, 0.15) is 39.5 Å². The van der Waals surface area contributed by atoms with Crippen LogP contribution < -0.4 is 0 Å². The topological polar surface area (TPSA) is 83.8 Å². The first-order valence-electron chi connectivity index (χ1n) is 5.27. The highest BCUT2D eigenvalue weighted by atomic mass is 16.6. The summed E-state index contributed by atoms with van der Waals surface area (Å²) >= 11 is 0. The Morgan fingerprint density at radius 2 is 1.24 bits per heavy atom. The molecule has 0 amide bonds. The van der Waals surface area contributed by atoms with Crippen molar-refractivity contribution in [2.24, 2.45) is 0 Å². The molecule has 0 spiro atoms. The van der Waals surface area contributed by atoms with Gasteiger partial charge in [-0.25, -0.2) is 0 Å². The summed E-state index contributed by atoms with van der Waals surface area (Å²) in [5.74, 6) is -0.822. The highest BCUT2D eigenvalue weighted by Crippen LogP contribution is 1.95. The molecule has 0 atom stereocenters. The van der Waals surface area contributed by atoms with Crippen LogP contribution in [0.2, 0.25) is 0 Å². The predicted octanol–water partition coefficient (Wildman–Crippen LogP) is 3.03. The Kier molecular flexibility index (Phi) is 23.9. The number of hydrogen-bond acceptors (Lipinski definition) is 5. The second-order valence-corrected chi connectivity index (χ2v) is 2.71. The van der Waals surface area contributed by atoms with Crippen molar-refractivity contribution < 1.29 is 24.5 Å². The highest BCUT2D eigenvalue weighted by molar-refractivity contribution is 5.85. The SMILES string of the molecule is C=CO.C=CO.CCCC(=O)OC(=O)CCC. The van der Waals surface area contributed by atoms with E-state index < -0.39 is 11.9 Å². The van der Waals surface area contributed by atoms with Crippen molar-refractivity contribution >= 4 is 11.9 Å². The van der Waals surface area contributed by atoms with Crippen molar-refractivity contribution in [1.29, 1.82) is 0 Å². The standard InChI is InChI=1S/C8H14O3.2C2H4O/c1-3-5-7(9)11-8(10)6-4-2;2*1-2-3/h3-6H2,1-2H3;2*2-3H,1H2. The summed E-state index contributed by atoms with van der Waals surface area (Å²) < 4.78 is 4.45.